The van der Waals surface area contributed by atoms with Crippen LogP contribution >= 0.6 is 23.2 Å². The lowest BCUT2D eigenvalue weighted by Gasteiger charge is -2.54. The number of nitrogens with one attached hydrogen (secondary N) is 5. The van der Waals surface area contributed by atoms with Crippen LogP contribution in [0.4, 0.5) is 4.79 Å². The number of ketones is 3. The molecule has 15 bridgehead atoms. The van der Waals surface area contributed by atoms with E-state index >= 15 is 28.8 Å². The number of halogens is 2. The third-order valence-corrected chi connectivity index (χ3v) is 25.4. The number of aliphatic hydroxyl groups excluding tert-OH is 6. The van der Waals surface area contributed by atoms with Crippen LogP contribution in [0.2, 0.25) is 10.0 Å². The highest BCUT2D eigenvalue weighted by atomic mass is 35.5. The van der Waals surface area contributed by atoms with Crippen molar-refractivity contribution in [1.29, 1.82) is 0 Å². The van der Waals surface area contributed by atoms with Gasteiger partial charge in [-0.3, -0.25) is 38.4 Å². The van der Waals surface area contributed by atoms with Crippen LogP contribution in [-0.4, -0.2) is 200 Å². The second-order valence-corrected chi connectivity index (χ2v) is 34.9. The van der Waals surface area contributed by atoms with Gasteiger partial charge in [0.1, 0.15) is 83.4 Å². The molecule has 33 nitrogen and oxygen atoms in total. The lowest BCUT2D eigenvalue weighted by Crippen LogP contribution is -2.64. The van der Waals surface area contributed by atoms with E-state index < -0.39 is 216 Å². The Hall–Kier alpha value is -9.17. The molecule has 7 aliphatic heterocycles. The van der Waals surface area contributed by atoms with E-state index in [1.807, 2.05) is 20.8 Å². The number of benzene rings is 5. The van der Waals surface area contributed by atoms with Crippen molar-refractivity contribution in [3.05, 3.63) is 117 Å². The molecule has 660 valence electrons. The van der Waals surface area contributed by atoms with Gasteiger partial charge < -0.3 is 122 Å². The number of Topliss-reactive ketones (excluding diaryl/α,β-unsaturated/α-hetero) is 3. The van der Waals surface area contributed by atoms with E-state index in [9.17, 15) is 55.2 Å². The molecule has 7 heterocycles. The minimum Gasteiger partial charge on any atom is -0.507 e. The first-order chi connectivity index (χ1) is 58.1. The maximum atomic E-state index is 16.6. The Kier molecular flexibility index (Phi) is 28.6. The van der Waals surface area contributed by atoms with Crippen LogP contribution in [0.1, 0.15) is 177 Å². The van der Waals surface area contributed by atoms with Gasteiger partial charge in [-0.05, 0) is 184 Å². The standard InChI is InChI=1S/C87H107Cl2N7O26/c1-7-42(19-38(3)4)81(109)95-72-59(100)28-49(31-67(90)103)82(110)93-70-48-29-64(118-62-13-10-44(74(72)104)26-55(62)88)78(122-85-79(77(107)76(106)66(37-97)120-85)121-68-36-87(6,91)80(108)39(5)116-68)65(30-48)119-63-14-11-45(27-56(63)89)75(105)73-84(112)94-71(61(102)34-51-46-21-40-20-41(23-46)24-47(51)22-40)54-32-50(117-86(113)92-15-16-115-18-17-114-8-2)33-58(99)69(54)53-25-43(9-12-57(53)98)52(35-60(70)101)83(111)96-73/h9-14,25-27,29-30,32-33,38-42,46-47,49,51-52,66,68,70-77,79-80,85,97-99,104-108H,7-8,15-24,28,31,34-37,91H2,1-6H3,(H2,90,103)(H,92,113)(H,93,110)(H,94,112)(H,95,109)(H,96,111)/t39-,40?,41?,42+,46?,47?,49-,51?,52+,66+,68-,70+,71-,72-,73-,74+,75+,76+,77-,79+,80+,85-,87-/m0/s1. The zero-order valence-electron chi connectivity index (χ0n) is 68.3. The van der Waals surface area contributed by atoms with Crippen molar-refractivity contribution in [3.8, 4) is 57.1 Å². The lowest BCUT2D eigenvalue weighted by atomic mass is 9.51. The van der Waals surface area contributed by atoms with Gasteiger partial charge in [0.25, 0.3) is 0 Å². The molecular formula is C87H107Cl2N7O26. The second-order valence-electron chi connectivity index (χ2n) is 34.1. The molecule has 5 aromatic carbocycles. The quantitative estimate of drug-likeness (QED) is 0.0295. The molecule has 4 saturated carbocycles. The Labute approximate surface area is 713 Å². The number of carbonyl (C=O) groups excluding carboxylic acids is 9. The molecule has 0 aromatic heterocycles. The summed E-state index contributed by atoms with van der Waals surface area (Å²) >= 11 is 14.5. The highest BCUT2D eigenvalue weighted by molar-refractivity contribution is 6.32. The summed E-state index contributed by atoms with van der Waals surface area (Å²) in [6, 6.07) is 7.39. The Bertz CT molecular complexity index is 4740. The van der Waals surface area contributed by atoms with Crippen molar-refractivity contribution in [2.24, 2.45) is 58.8 Å². The van der Waals surface area contributed by atoms with Crippen molar-refractivity contribution in [2.75, 3.05) is 39.6 Å². The lowest BCUT2D eigenvalue weighted by molar-refractivity contribution is -0.333. The van der Waals surface area contributed by atoms with Gasteiger partial charge in [0.2, 0.25) is 41.6 Å². The van der Waals surface area contributed by atoms with Crippen LogP contribution in [0.3, 0.4) is 0 Å². The second kappa shape index (κ2) is 38.5. The zero-order valence-corrected chi connectivity index (χ0v) is 69.9. The number of aromatic hydroxyl groups is 2. The van der Waals surface area contributed by atoms with Gasteiger partial charge >= 0.3 is 6.09 Å². The average molecular weight is 1740 g/mol. The average Bonchev–Trinajstić information content (AvgIpc) is 0.756. The van der Waals surface area contributed by atoms with E-state index in [1.165, 1.54) is 68.4 Å². The molecule has 11 aliphatic rings. The van der Waals surface area contributed by atoms with Crippen molar-refractivity contribution in [1.82, 2.24) is 26.6 Å². The molecule has 4 aliphatic carbocycles. The van der Waals surface area contributed by atoms with Gasteiger partial charge in [-0.2, -0.15) is 0 Å². The van der Waals surface area contributed by atoms with Crippen LogP contribution in [0.5, 0.6) is 46.0 Å². The largest absolute Gasteiger partial charge is 0.507 e. The molecule has 18 atom stereocenters. The van der Waals surface area contributed by atoms with E-state index in [1.54, 1.807) is 6.92 Å². The van der Waals surface area contributed by atoms with Gasteiger partial charge in [0.05, 0.1) is 60.5 Å². The summed E-state index contributed by atoms with van der Waals surface area (Å²) in [5, 5.41) is 109. The molecule has 6 fully saturated rings. The van der Waals surface area contributed by atoms with Gasteiger partial charge in [0.15, 0.2) is 41.2 Å². The molecule has 6 amide bonds. The minimum atomic E-state index is -2.19. The fourth-order valence-electron chi connectivity index (χ4n) is 18.8. The van der Waals surface area contributed by atoms with E-state index in [-0.39, 0.29) is 123 Å². The Morgan fingerprint density at radius 1 is 0.697 bits per heavy atom. The normalized spacial score (nSPS) is 31.0. The third kappa shape index (κ3) is 20.1. The minimum absolute atomic E-state index is 0.0204. The number of carbonyl (C=O) groups is 9. The summed E-state index contributed by atoms with van der Waals surface area (Å²) in [4.78, 5) is 137. The molecule has 16 rings (SSSR count). The van der Waals surface area contributed by atoms with E-state index in [4.69, 9.17) is 77.3 Å². The SMILES string of the molecule is CCOCCOCCNC(=O)Oc1cc(O)c2c(c1)[C@@H](C(=O)CC1C3CC4CC(C3)CC1C4)NC(=O)[C@H]1NC(=O)[C@H](CC(=O)[C@@H]3NC(=O)[C@H](CC(N)=O)CC(=O)[C@H](NC(=O)[C@H](CC)CC(C)C)[C@H](O)c4ccc(c(Cl)c4)Oc4cc3cc(c4O[C@@H]3O[C@H](CO)[C@@H](O)[C@H](O)[C@H]3O[C@H]3C[C@](C)(N)[C@H](O)[C@H](C)O3)Oc3ccc(cc3Cl)[C@H]1O)c1ccc(O)c-2c1. The first kappa shape index (κ1) is 90.6. The Balaban J connectivity index is 1.00. The van der Waals surface area contributed by atoms with E-state index in [0.29, 0.717) is 37.9 Å². The fraction of sp³-hybridized carbons (Fsp3) is 0.552. The van der Waals surface area contributed by atoms with Gasteiger partial charge in [-0.1, -0.05) is 62.2 Å². The number of rotatable bonds is 23. The number of fused-ring (bicyclic) bond motifs is 15. The molecule has 17 N–H and O–H groups in total. The fourth-order valence-corrected chi connectivity index (χ4v) is 19.2. The molecular weight excluding hydrogens is 1630 g/mol. The number of ether oxygens (including phenoxy) is 9. The number of aliphatic hydroxyl groups is 6. The number of hydrogen-bond acceptors (Lipinski definition) is 27. The summed E-state index contributed by atoms with van der Waals surface area (Å²) in [7, 11) is 0. The van der Waals surface area contributed by atoms with E-state index in [2.05, 4.69) is 26.6 Å². The maximum absolute atomic E-state index is 16.6. The first-order valence-corrected chi connectivity index (χ1v) is 42.3. The first-order valence-electron chi connectivity index (χ1n) is 41.5. The predicted octanol–water partition coefficient (Wildman–Crippen LogP) is 6.90. The Morgan fingerprint density at radius 2 is 1.34 bits per heavy atom. The van der Waals surface area contributed by atoms with Gasteiger partial charge in [0, 0.05) is 73.9 Å². The van der Waals surface area contributed by atoms with Crippen molar-refractivity contribution in [3.63, 3.8) is 0 Å². The predicted molar refractivity (Wildman–Crippen MR) is 435 cm³/mol. The van der Waals surface area contributed by atoms with Crippen LogP contribution in [0.25, 0.3) is 11.1 Å². The van der Waals surface area contributed by atoms with Crippen LogP contribution in [-0.2, 0) is 62.0 Å². The zero-order chi connectivity index (χ0) is 87.6. The molecule has 122 heavy (non-hydrogen) atoms. The van der Waals surface area contributed by atoms with E-state index in [0.717, 1.165) is 56.4 Å². The van der Waals surface area contributed by atoms with Crippen molar-refractivity contribution >= 4 is 76.2 Å². The smallest absolute Gasteiger partial charge is 0.412 e. The van der Waals surface area contributed by atoms with Crippen LogP contribution < -0.4 is 57.0 Å². The summed E-state index contributed by atoms with van der Waals surface area (Å²) in [5.74, 6) is -15.7. The summed E-state index contributed by atoms with van der Waals surface area (Å²) in [6.45, 7) is 10.4. The topological polar surface area (TPSA) is 511 Å². The maximum Gasteiger partial charge on any atom is 0.412 e. The highest BCUT2D eigenvalue weighted by Crippen LogP contribution is 2.59. The molecule has 0 spiro atoms. The van der Waals surface area contributed by atoms with Crippen molar-refractivity contribution in [2.45, 2.75) is 216 Å². The van der Waals surface area contributed by atoms with Crippen LogP contribution in [0, 0.1) is 47.3 Å². The number of primary amides is 1. The summed E-state index contributed by atoms with van der Waals surface area (Å²) in [6.07, 6.45) is -16.3. The van der Waals surface area contributed by atoms with Gasteiger partial charge in [-0.15, -0.1) is 0 Å². The molecule has 35 heteroatoms. The molecule has 5 aromatic rings. The van der Waals surface area contributed by atoms with Gasteiger partial charge in [-0.25, -0.2) is 4.79 Å². The number of phenolic OH excluding ortho intramolecular Hbond substituents is 2. The monoisotopic (exact) mass is 1740 g/mol. The van der Waals surface area contributed by atoms with Crippen LogP contribution in [0.15, 0.2) is 78.9 Å². The Morgan fingerprint density at radius 3 is 1.96 bits per heavy atom. The number of nitrogens with two attached hydrogens (primary N) is 2. The summed E-state index contributed by atoms with van der Waals surface area (Å²) < 4.78 is 55.8. The number of hydrogen-bond donors (Lipinski definition) is 15. The molecule has 2 saturated heterocycles. The van der Waals surface area contributed by atoms with Crippen molar-refractivity contribution < 1.29 is 127 Å². The molecule has 0 unspecified atom stereocenters. The summed E-state index contributed by atoms with van der Waals surface area (Å²) in [5.41, 5.74) is 9.43. The molecule has 0 radical (unpaired) electrons. The number of amides is 6. The highest BCUT2D eigenvalue weighted by Gasteiger charge is 2.53. The number of phenols is 2. The third-order valence-electron chi connectivity index (χ3n) is 24.8.